The van der Waals surface area contributed by atoms with Gasteiger partial charge in [0.1, 0.15) is 0 Å². The number of nitrogens with one attached hydrogen (secondary N) is 1. The molecule has 0 aromatic carbocycles. The zero-order chi connectivity index (χ0) is 16.9. The van der Waals surface area contributed by atoms with Crippen molar-refractivity contribution in [3.8, 4) is 0 Å². The van der Waals surface area contributed by atoms with Crippen molar-refractivity contribution >= 4 is 17.5 Å². The Morgan fingerprint density at radius 3 is 1.84 bits per heavy atom. The lowest BCUT2D eigenvalue weighted by molar-refractivity contribution is -0.146. The first-order valence-electron chi connectivity index (χ1n) is 10.9. The number of carbonyl (C=O) groups excluding carboxylic acids is 1. The molecule has 0 aliphatic heterocycles. The molecule has 2 nitrogen and oxygen atoms in total. The molecular weight excluding hydrogens is 330 g/mol. The lowest BCUT2D eigenvalue weighted by atomic mass is 9.48. The normalized spacial score (nSPS) is 57.9. The summed E-state index contributed by atoms with van der Waals surface area (Å²) in [4.78, 5) is 13.3. The molecule has 138 valence electrons. The quantitative estimate of drug-likeness (QED) is 0.712. The molecular formula is C22H32ClNO. The van der Waals surface area contributed by atoms with E-state index in [9.17, 15) is 4.79 Å². The molecule has 8 bridgehead atoms. The monoisotopic (exact) mass is 361 g/mol. The van der Waals surface area contributed by atoms with Crippen LogP contribution < -0.4 is 5.32 Å². The van der Waals surface area contributed by atoms with Gasteiger partial charge in [-0.2, -0.15) is 0 Å². The van der Waals surface area contributed by atoms with Gasteiger partial charge >= 0.3 is 0 Å². The number of hydrogen-bond donors (Lipinski definition) is 1. The van der Waals surface area contributed by atoms with Gasteiger partial charge in [0.2, 0.25) is 5.91 Å². The summed E-state index contributed by atoms with van der Waals surface area (Å²) in [5.41, 5.74) is 0.333. The number of alkyl halides is 1. The first-order chi connectivity index (χ1) is 11.9. The van der Waals surface area contributed by atoms with Gasteiger partial charge in [0.15, 0.2) is 0 Å². The van der Waals surface area contributed by atoms with Crippen LogP contribution in [0.3, 0.4) is 0 Å². The summed E-state index contributed by atoms with van der Waals surface area (Å²) in [6.07, 6.45) is 15.4. The van der Waals surface area contributed by atoms with E-state index in [1.54, 1.807) is 0 Å². The maximum atomic E-state index is 13.4. The Balaban J connectivity index is 1.18. The molecule has 1 N–H and O–H groups in total. The molecule has 8 saturated carbocycles. The van der Waals surface area contributed by atoms with Crippen LogP contribution in [0.15, 0.2) is 0 Å². The summed E-state index contributed by atoms with van der Waals surface area (Å²) in [7, 11) is 0. The Morgan fingerprint density at radius 2 is 1.32 bits per heavy atom. The molecule has 8 aliphatic rings. The SMILES string of the molecule is O=C(NCC12CC3CC(CC(C3)C1)C2)C12C[C@@H]3C[C@@H](CC(Cl)(C3)C1)C2. The van der Waals surface area contributed by atoms with Gasteiger partial charge in [-0.05, 0) is 112 Å². The van der Waals surface area contributed by atoms with Crippen LogP contribution >= 0.6 is 11.6 Å². The van der Waals surface area contributed by atoms with E-state index in [0.29, 0.717) is 23.2 Å². The maximum absolute atomic E-state index is 13.4. The summed E-state index contributed by atoms with van der Waals surface area (Å²) in [6.45, 7) is 0.960. The van der Waals surface area contributed by atoms with E-state index in [0.717, 1.165) is 56.4 Å². The smallest absolute Gasteiger partial charge is 0.226 e. The molecule has 2 unspecified atom stereocenters. The third-order valence-electron chi connectivity index (χ3n) is 9.26. The number of amides is 1. The molecule has 1 amide bonds. The summed E-state index contributed by atoms with van der Waals surface area (Å²) in [5, 5.41) is 3.52. The fourth-order valence-electron chi connectivity index (χ4n) is 9.38. The minimum absolute atomic E-state index is 0.0535. The third-order valence-corrected chi connectivity index (χ3v) is 9.70. The molecule has 0 aromatic rings. The number of rotatable bonds is 3. The van der Waals surface area contributed by atoms with Gasteiger partial charge < -0.3 is 5.32 Å². The van der Waals surface area contributed by atoms with Crippen molar-refractivity contribution in [2.24, 2.45) is 40.4 Å². The molecule has 8 aliphatic carbocycles. The number of halogens is 1. The van der Waals surface area contributed by atoms with Crippen LogP contribution in [0.1, 0.15) is 77.0 Å². The second kappa shape index (κ2) is 4.97. The van der Waals surface area contributed by atoms with E-state index >= 15 is 0 Å². The fourth-order valence-corrected chi connectivity index (χ4v) is 10.1. The Kier molecular flexibility index (Phi) is 3.14. The zero-order valence-corrected chi connectivity index (χ0v) is 16.1. The van der Waals surface area contributed by atoms with Crippen molar-refractivity contribution in [3.05, 3.63) is 0 Å². The Labute approximate surface area is 156 Å². The Bertz CT molecular complexity index is 564. The van der Waals surface area contributed by atoms with E-state index in [1.807, 2.05) is 0 Å². The summed E-state index contributed by atoms with van der Waals surface area (Å²) in [6, 6.07) is 0. The van der Waals surface area contributed by atoms with Crippen LogP contribution in [-0.4, -0.2) is 17.3 Å². The highest BCUT2D eigenvalue weighted by molar-refractivity contribution is 6.24. The Hall–Kier alpha value is -0.240. The topological polar surface area (TPSA) is 29.1 Å². The molecule has 4 atom stereocenters. The predicted octanol–water partition coefficient (Wildman–Crippen LogP) is 4.90. The number of carbonyl (C=O) groups is 1. The number of hydrogen-bond acceptors (Lipinski definition) is 1. The minimum atomic E-state index is -0.117. The summed E-state index contributed by atoms with van der Waals surface area (Å²) < 4.78 is 0. The molecule has 0 radical (unpaired) electrons. The summed E-state index contributed by atoms with van der Waals surface area (Å²) >= 11 is 6.94. The lowest BCUT2D eigenvalue weighted by Gasteiger charge is -2.60. The minimum Gasteiger partial charge on any atom is -0.355 e. The molecule has 0 spiro atoms. The fraction of sp³-hybridized carbons (Fsp3) is 0.955. The van der Waals surface area contributed by atoms with Crippen molar-refractivity contribution in [2.45, 2.75) is 81.9 Å². The Morgan fingerprint density at radius 1 is 0.800 bits per heavy atom. The predicted molar refractivity (Wildman–Crippen MR) is 99.3 cm³/mol. The first-order valence-corrected chi connectivity index (χ1v) is 11.3. The van der Waals surface area contributed by atoms with Gasteiger partial charge in [0.05, 0.1) is 5.41 Å². The molecule has 3 heteroatoms. The molecule has 25 heavy (non-hydrogen) atoms. The maximum Gasteiger partial charge on any atom is 0.226 e. The van der Waals surface area contributed by atoms with Gasteiger partial charge in [-0.25, -0.2) is 0 Å². The van der Waals surface area contributed by atoms with E-state index in [1.165, 1.54) is 44.9 Å². The lowest BCUT2D eigenvalue weighted by Crippen LogP contribution is -2.60. The van der Waals surface area contributed by atoms with E-state index in [-0.39, 0.29) is 10.3 Å². The van der Waals surface area contributed by atoms with Gasteiger partial charge in [0, 0.05) is 11.4 Å². The summed E-state index contributed by atoms with van der Waals surface area (Å²) in [5.74, 6) is 4.70. The molecule has 0 saturated heterocycles. The molecule has 0 aromatic heterocycles. The highest BCUT2D eigenvalue weighted by Gasteiger charge is 2.60. The molecule has 0 heterocycles. The van der Waals surface area contributed by atoms with Crippen molar-refractivity contribution in [3.63, 3.8) is 0 Å². The van der Waals surface area contributed by atoms with Crippen LogP contribution in [-0.2, 0) is 4.79 Å². The van der Waals surface area contributed by atoms with Gasteiger partial charge in [-0.15, -0.1) is 11.6 Å². The highest BCUT2D eigenvalue weighted by atomic mass is 35.5. The van der Waals surface area contributed by atoms with Crippen molar-refractivity contribution in [1.29, 1.82) is 0 Å². The first kappa shape index (κ1) is 15.8. The van der Waals surface area contributed by atoms with Crippen LogP contribution in [0.2, 0.25) is 0 Å². The van der Waals surface area contributed by atoms with Crippen LogP contribution in [0.5, 0.6) is 0 Å². The second-order valence-electron chi connectivity index (χ2n) is 11.5. The van der Waals surface area contributed by atoms with Gasteiger partial charge in [0.25, 0.3) is 0 Å². The van der Waals surface area contributed by atoms with Crippen molar-refractivity contribution in [2.75, 3.05) is 6.54 Å². The average molecular weight is 362 g/mol. The van der Waals surface area contributed by atoms with Gasteiger partial charge in [-0.3, -0.25) is 4.79 Å². The largest absolute Gasteiger partial charge is 0.355 e. The van der Waals surface area contributed by atoms with E-state index in [4.69, 9.17) is 11.6 Å². The highest BCUT2D eigenvalue weighted by Crippen LogP contribution is 2.64. The van der Waals surface area contributed by atoms with E-state index in [2.05, 4.69) is 5.32 Å². The van der Waals surface area contributed by atoms with Crippen molar-refractivity contribution < 1.29 is 4.79 Å². The van der Waals surface area contributed by atoms with Crippen LogP contribution in [0.4, 0.5) is 0 Å². The standard InChI is InChI=1S/C22H32ClNO/c23-22-10-17-4-18(11-22)9-21(8-17,12-22)19(25)24-13-20-5-14-1-15(6-20)3-16(2-14)7-20/h14-18H,1-13H2,(H,24,25)/t14?,15?,16?,17-,18+,20?,21?,22?. The zero-order valence-electron chi connectivity index (χ0n) is 15.4. The average Bonchev–Trinajstić information content (AvgIpc) is 2.49. The van der Waals surface area contributed by atoms with Crippen molar-refractivity contribution in [1.82, 2.24) is 5.32 Å². The van der Waals surface area contributed by atoms with E-state index < -0.39 is 0 Å². The van der Waals surface area contributed by atoms with Crippen LogP contribution in [0, 0.1) is 40.4 Å². The van der Waals surface area contributed by atoms with Crippen LogP contribution in [0.25, 0.3) is 0 Å². The second-order valence-corrected chi connectivity index (χ2v) is 12.3. The van der Waals surface area contributed by atoms with Gasteiger partial charge in [-0.1, -0.05) is 0 Å². The molecule has 8 rings (SSSR count). The third kappa shape index (κ3) is 2.38. The molecule has 8 fully saturated rings.